The van der Waals surface area contributed by atoms with Crippen LogP contribution in [0.1, 0.15) is 49.2 Å². The Morgan fingerprint density at radius 2 is 1.58 bits per heavy atom. The highest BCUT2D eigenvalue weighted by Gasteiger charge is 2.19. The zero-order valence-electron chi connectivity index (χ0n) is 18.6. The van der Waals surface area contributed by atoms with Crippen molar-refractivity contribution in [2.45, 2.75) is 45.8 Å². The Hall–Kier alpha value is -3.35. The number of hydrogen-bond acceptors (Lipinski definition) is 6. The number of benzene rings is 2. The maximum absolute atomic E-state index is 12.1. The summed E-state index contributed by atoms with van der Waals surface area (Å²) in [6.45, 7) is 7.75. The normalized spacial score (nSPS) is 11.9. The second-order valence-electron chi connectivity index (χ2n) is 8.11. The van der Waals surface area contributed by atoms with E-state index in [-0.39, 0.29) is 12.0 Å². The maximum atomic E-state index is 12.1. The van der Waals surface area contributed by atoms with Crippen LogP contribution >= 0.6 is 0 Å². The number of hydrogen-bond donors (Lipinski definition) is 1. The largest absolute Gasteiger partial charge is 0.479 e. The van der Waals surface area contributed by atoms with Gasteiger partial charge in [-0.3, -0.25) is 4.79 Å². The summed E-state index contributed by atoms with van der Waals surface area (Å²) in [5.74, 6) is -0.939. The Kier molecular flexibility index (Phi) is 8.19. The summed E-state index contributed by atoms with van der Waals surface area (Å²) in [4.78, 5) is 35.5. The van der Waals surface area contributed by atoms with Crippen LogP contribution in [0.5, 0.6) is 5.75 Å². The topological polar surface area (TPSA) is 90.9 Å². The van der Waals surface area contributed by atoms with Crippen molar-refractivity contribution in [3.05, 3.63) is 65.2 Å². The molecule has 0 aliphatic carbocycles. The Bertz CT molecular complexity index is 897. The third-order valence-corrected chi connectivity index (χ3v) is 4.58. The van der Waals surface area contributed by atoms with Crippen LogP contribution < -0.4 is 10.1 Å². The summed E-state index contributed by atoms with van der Waals surface area (Å²) in [6.07, 6.45) is -0.848. The van der Waals surface area contributed by atoms with Crippen LogP contribution in [-0.4, -0.2) is 37.7 Å². The van der Waals surface area contributed by atoms with E-state index in [1.54, 1.807) is 31.2 Å². The number of esters is 2. The second kappa shape index (κ2) is 10.6. The smallest absolute Gasteiger partial charge is 0.347 e. The Balaban J connectivity index is 1.75. The van der Waals surface area contributed by atoms with E-state index < -0.39 is 30.6 Å². The van der Waals surface area contributed by atoms with Crippen LogP contribution in [0.4, 0.5) is 0 Å². The molecular formula is C24H29NO6. The summed E-state index contributed by atoms with van der Waals surface area (Å²) in [6, 6.07) is 14.2. The van der Waals surface area contributed by atoms with E-state index in [1.165, 1.54) is 7.11 Å². The zero-order chi connectivity index (χ0) is 23.0. The lowest BCUT2D eigenvalue weighted by Gasteiger charge is -2.20. The summed E-state index contributed by atoms with van der Waals surface area (Å²) < 4.78 is 15.3. The van der Waals surface area contributed by atoms with Gasteiger partial charge in [-0.2, -0.15) is 0 Å². The van der Waals surface area contributed by atoms with Gasteiger partial charge in [0.2, 0.25) is 0 Å². The van der Waals surface area contributed by atoms with E-state index in [4.69, 9.17) is 9.47 Å². The van der Waals surface area contributed by atoms with E-state index in [2.05, 4.69) is 30.8 Å². The third kappa shape index (κ3) is 7.44. The average Bonchev–Trinajstić information content (AvgIpc) is 2.75. The molecule has 0 bridgehead atoms. The molecule has 0 unspecified atom stereocenters. The van der Waals surface area contributed by atoms with Gasteiger partial charge in [0.15, 0.2) is 12.7 Å². The van der Waals surface area contributed by atoms with Gasteiger partial charge in [0, 0.05) is 6.54 Å². The molecule has 0 saturated carbocycles. The molecule has 1 N–H and O–H groups in total. The van der Waals surface area contributed by atoms with Gasteiger partial charge in [-0.15, -0.1) is 0 Å². The van der Waals surface area contributed by atoms with Gasteiger partial charge < -0.3 is 19.5 Å². The van der Waals surface area contributed by atoms with Gasteiger partial charge in [0.05, 0.1) is 12.7 Å². The first kappa shape index (κ1) is 23.9. The van der Waals surface area contributed by atoms with Crippen LogP contribution in [0.2, 0.25) is 0 Å². The van der Waals surface area contributed by atoms with Crippen molar-refractivity contribution in [1.29, 1.82) is 0 Å². The molecule has 2 aromatic carbocycles. The van der Waals surface area contributed by atoms with Crippen molar-refractivity contribution in [2.24, 2.45) is 0 Å². The zero-order valence-corrected chi connectivity index (χ0v) is 18.6. The van der Waals surface area contributed by atoms with Gasteiger partial charge in [0.25, 0.3) is 5.91 Å². The van der Waals surface area contributed by atoms with Crippen LogP contribution in [0, 0.1) is 0 Å². The first-order valence-electron chi connectivity index (χ1n) is 9.98. The number of carbonyl (C=O) groups excluding carboxylic acids is 3. The number of carbonyl (C=O) groups is 3. The predicted octanol–water partition coefficient (Wildman–Crippen LogP) is 3.40. The monoisotopic (exact) mass is 427 g/mol. The van der Waals surface area contributed by atoms with Crippen molar-refractivity contribution in [1.82, 2.24) is 5.32 Å². The van der Waals surface area contributed by atoms with Crippen molar-refractivity contribution < 1.29 is 28.6 Å². The second-order valence-corrected chi connectivity index (χ2v) is 8.11. The molecule has 0 saturated heterocycles. The highest BCUT2D eigenvalue weighted by Crippen LogP contribution is 2.24. The molecule has 0 aromatic heterocycles. The molecule has 166 valence electrons. The molecule has 0 heterocycles. The highest BCUT2D eigenvalue weighted by molar-refractivity contribution is 5.89. The van der Waals surface area contributed by atoms with Gasteiger partial charge in [-0.05, 0) is 47.7 Å². The summed E-state index contributed by atoms with van der Waals surface area (Å²) in [7, 11) is 1.31. The lowest BCUT2D eigenvalue weighted by atomic mass is 9.87. The average molecular weight is 427 g/mol. The lowest BCUT2D eigenvalue weighted by Crippen LogP contribution is -2.32. The minimum atomic E-state index is -0.848. The molecule has 2 aromatic rings. The van der Waals surface area contributed by atoms with Crippen molar-refractivity contribution in [3.8, 4) is 5.75 Å². The molecule has 31 heavy (non-hydrogen) atoms. The Morgan fingerprint density at radius 1 is 0.968 bits per heavy atom. The van der Waals surface area contributed by atoms with E-state index in [1.807, 2.05) is 24.3 Å². The first-order valence-corrected chi connectivity index (χ1v) is 9.98. The van der Waals surface area contributed by atoms with Crippen molar-refractivity contribution in [3.63, 3.8) is 0 Å². The number of rotatable bonds is 8. The summed E-state index contributed by atoms with van der Waals surface area (Å²) >= 11 is 0. The minimum Gasteiger partial charge on any atom is -0.479 e. The van der Waals surface area contributed by atoms with Crippen molar-refractivity contribution in [2.75, 3.05) is 13.7 Å². The molecule has 0 aliphatic heterocycles. The number of amides is 1. The first-order chi connectivity index (χ1) is 14.6. The number of ether oxygens (including phenoxy) is 3. The number of methoxy groups -OCH3 is 1. The molecule has 1 amide bonds. The summed E-state index contributed by atoms with van der Waals surface area (Å²) in [5, 5.41) is 2.65. The SMILES string of the molecule is COC(=O)c1ccc(CNC(=O)COC(=O)[C@@H](C)Oc2ccc(C(C)(C)C)cc2)cc1. The molecule has 7 heteroatoms. The molecule has 0 radical (unpaired) electrons. The minimum absolute atomic E-state index is 0.0276. The van der Waals surface area contributed by atoms with E-state index >= 15 is 0 Å². The lowest BCUT2D eigenvalue weighted by molar-refractivity contribution is -0.154. The van der Waals surface area contributed by atoms with Gasteiger partial charge >= 0.3 is 11.9 Å². The fraction of sp³-hybridized carbons (Fsp3) is 0.375. The Morgan fingerprint density at radius 3 is 2.13 bits per heavy atom. The fourth-order valence-corrected chi connectivity index (χ4v) is 2.67. The molecule has 1 atom stereocenters. The van der Waals surface area contributed by atoms with Crippen LogP contribution in [-0.2, 0) is 31.0 Å². The quantitative estimate of drug-likeness (QED) is 0.650. The predicted molar refractivity (Wildman–Crippen MR) is 116 cm³/mol. The maximum Gasteiger partial charge on any atom is 0.347 e. The van der Waals surface area contributed by atoms with E-state index in [9.17, 15) is 14.4 Å². The molecule has 0 aliphatic rings. The van der Waals surface area contributed by atoms with Crippen LogP contribution in [0.3, 0.4) is 0 Å². The molecule has 7 nitrogen and oxygen atoms in total. The molecular weight excluding hydrogens is 398 g/mol. The van der Waals surface area contributed by atoms with Crippen molar-refractivity contribution >= 4 is 17.8 Å². The van der Waals surface area contributed by atoms with Gasteiger partial charge in [-0.25, -0.2) is 9.59 Å². The molecule has 0 spiro atoms. The Labute approximate surface area is 182 Å². The summed E-state index contributed by atoms with van der Waals surface area (Å²) in [5.41, 5.74) is 2.41. The van der Waals surface area contributed by atoms with Gasteiger partial charge in [0.1, 0.15) is 5.75 Å². The standard InChI is InChI=1S/C24H29NO6/c1-16(31-20-12-10-19(11-13-20)24(2,3)4)22(27)30-15-21(26)25-14-17-6-8-18(9-7-17)23(28)29-5/h6-13,16H,14-15H2,1-5H3,(H,25,26)/t16-/m1/s1. The van der Waals surface area contributed by atoms with E-state index in [0.29, 0.717) is 11.3 Å². The van der Waals surface area contributed by atoms with Crippen LogP contribution in [0.25, 0.3) is 0 Å². The fourth-order valence-electron chi connectivity index (χ4n) is 2.67. The van der Waals surface area contributed by atoms with Crippen LogP contribution in [0.15, 0.2) is 48.5 Å². The molecule has 0 fully saturated rings. The van der Waals surface area contributed by atoms with E-state index in [0.717, 1.165) is 11.1 Å². The third-order valence-electron chi connectivity index (χ3n) is 4.58. The van der Waals surface area contributed by atoms with Gasteiger partial charge in [-0.1, -0.05) is 45.0 Å². The highest BCUT2D eigenvalue weighted by atomic mass is 16.6. The molecule has 2 rings (SSSR count). The number of nitrogens with one attached hydrogen (secondary N) is 1.